The zero-order chi connectivity index (χ0) is 24.4. The van der Waals surface area contributed by atoms with Crippen molar-refractivity contribution in [2.45, 2.75) is 70.2 Å². The highest BCUT2D eigenvalue weighted by Crippen LogP contribution is 2.30. The Bertz CT molecular complexity index is 1010. The number of likely N-dealkylation sites (tertiary alicyclic amines) is 1. The second kappa shape index (κ2) is 11.3. The molecule has 3 aliphatic rings. The lowest BCUT2D eigenvalue weighted by atomic mass is 9.97. The molecule has 8 heteroatoms. The third-order valence-electron chi connectivity index (χ3n) is 7.78. The Morgan fingerprint density at radius 2 is 1.86 bits per heavy atom. The van der Waals surface area contributed by atoms with Gasteiger partial charge in [0, 0.05) is 67.6 Å². The number of pyridine rings is 1. The molecule has 0 spiro atoms. The molecule has 0 amide bonds. The topological polar surface area (TPSA) is 34.6 Å². The average molecular weight is 521 g/mol. The Kier molecular flexibility index (Phi) is 8.15. The number of nitrogens with one attached hydrogen (secondary N) is 1. The van der Waals surface area contributed by atoms with Crippen LogP contribution in [-0.4, -0.2) is 65.6 Å². The van der Waals surface area contributed by atoms with Gasteiger partial charge in [0.25, 0.3) is 0 Å². The van der Waals surface area contributed by atoms with Crippen molar-refractivity contribution in [2.24, 2.45) is 0 Å². The fourth-order valence-corrected chi connectivity index (χ4v) is 6.02. The molecule has 3 heterocycles. The number of halogens is 3. The van der Waals surface area contributed by atoms with E-state index in [4.69, 9.17) is 28.2 Å². The van der Waals surface area contributed by atoms with Crippen molar-refractivity contribution in [1.29, 1.82) is 0 Å². The van der Waals surface area contributed by atoms with Crippen molar-refractivity contribution in [3.05, 3.63) is 57.5 Å². The largest absolute Gasteiger partial charge is 0.353 e. The standard InChI is InChI=1S/C27H36Cl2FN5/c1-2-23-18-34(27-25(29)13-19(16-32-27)15-31-22-5-6-22)11-12-35(23)24-7-9-33(10-8-24)17-20-3-4-21(28)14-26(20)30/h3-4,13-14,16,22-24,31H,2,5-12,15,17-18H2,1H3/t23-/m0/s1. The smallest absolute Gasteiger partial charge is 0.147 e. The zero-order valence-corrected chi connectivity index (χ0v) is 22.0. The van der Waals surface area contributed by atoms with Crippen molar-refractivity contribution < 1.29 is 4.39 Å². The van der Waals surface area contributed by atoms with Gasteiger partial charge in [0.05, 0.1) is 5.02 Å². The highest BCUT2D eigenvalue weighted by molar-refractivity contribution is 6.33. The van der Waals surface area contributed by atoms with Gasteiger partial charge >= 0.3 is 0 Å². The minimum atomic E-state index is -0.207. The Morgan fingerprint density at radius 3 is 2.54 bits per heavy atom. The lowest BCUT2D eigenvalue weighted by Crippen LogP contribution is -2.58. The maximum absolute atomic E-state index is 14.2. The first-order valence-corrected chi connectivity index (χ1v) is 13.8. The monoisotopic (exact) mass is 519 g/mol. The molecule has 1 atom stereocenters. The van der Waals surface area contributed by atoms with Crippen LogP contribution in [0.2, 0.25) is 10.0 Å². The van der Waals surface area contributed by atoms with Gasteiger partial charge in [0.1, 0.15) is 11.6 Å². The van der Waals surface area contributed by atoms with Crippen LogP contribution in [0.15, 0.2) is 30.5 Å². The molecule has 2 aromatic rings. The van der Waals surface area contributed by atoms with Gasteiger partial charge in [-0.1, -0.05) is 36.2 Å². The summed E-state index contributed by atoms with van der Waals surface area (Å²) in [7, 11) is 0. The molecule has 35 heavy (non-hydrogen) atoms. The summed E-state index contributed by atoms with van der Waals surface area (Å²) in [6, 6.07) is 8.82. The van der Waals surface area contributed by atoms with Crippen LogP contribution in [0.1, 0.15) is 50.2 Å². The van der Waals surface area contributed by atoms with Gasteiger partial charge < -0.3 is 10.2 Å². The maximum atomic E-state index is 14.2. The summed E-state index contributed by atoms with van der Waals surface area (Å²) in [5.41, 5.74) is 1.88. The molecule has 1 aromatic heterocycles. The van der Waals surface area contributed by atoms with E-state index >= 15 is 0 Å². The zero-order valence-electron chi connectivity index (χ0n) is 20.5. The first kappa shape index (κ1) is 25.2. The number of nitrogens with zero attached hydrogens (tertiary/aromatic N) is 4. The molecule has 1 saturated carbocycles. The normalized spacial score (nSPS) is 22.6. The van der Waals surface area contributed by atoms with Gasteiger partial charge in [0.15, 0.2) is 0 Å². The molecule has 1 aromatic carbocycles. The van der Waals surface area contributed by atoms with E-state index in [1.807, 2.05) is 12.3 Å². The molecule has 0 unspecified atom stereocenters. The first-order valence-electron chi connectivity index (χ1n) is 13.0. The van der Waals surface area contributed by atoms with Gasteiger partial charge in [-0.15, -0.1) is 0 Å². The van der Waals surface area contributed by atoms with E-state index in [1.54, 1.807) is 6.07 Å². The highest BCUT2D eigenvalue weighted by atomic mass is 35.5. The van der Waals surface area contributed by atoms with E-state index in [0.29, 0.717) is 29.7 Å². The fraction of sp³-hybridized carbons (Fsp3) is 0.593. The highest BCUT2D eigenvalue weighted by Gasteiger charge is 2.34. The van der Waals surface area contributed by atoms with Gasteiger partial charge in [-0.2, -0.15) is 0 Å². The minimum absolute atomic E-state index is 0.207. The predicted molar refractivity (Wildman–Crippen MR) is 142 cm³/mol. The minimum Gasteiger partial charge on any atom is -0.353 e. The summed E-state index contributed by atoms with van der Waals surface area (Å²) in [4.78, 5) is 12.2. The summed E-state index contributed by atoms with van der Waals surface area (Å²) in [6.07, 6.45) is 7.88. The van der Waals surface area contributed by atoms with E-state index in [1.165, 1.54) is 18.9 Å². The Balaban J connectivity index is 1.15. The molecule has 5 rings (SSSR count). The molecule has 5 nitrogen and oxygen atoms in total. The summed E-state index contributed by atoms with van der Waals surface area (Å²) in [5, 5.41) is 4.74. The second-order valence-electron chi connectivity index (χ2n) is 10.3. The summed E-state index contributed by atoms with van der Waals surface area (Å²) >= 11 is 12.6. The van der Waals surface area contributed by atoms with Crippen molar-refractivity contribution >= 4 is 29.0 Å². The third kappa shape index (κ3) is 6.28. The number of rotatable bonds is 8. The number of piperidine rings is 1. The molecule has 0 bridgehead atoms. The maximum Gasteiger partial charge on any atom is 0.147 e. The quantitative estimate of drug-likeness (QED) is 0.508. The lowest BCUT2D eigenvalue weighted by Gasteiger charge is -2.47. The molecule has 2 saturated heterocycles. The molecular formula is C27H36Cl2FN5. The average Bonchev–Trinajstić information content (AvgIpc) is 3.69. The summed E-state index contributed by atoms with van der Waals surface area (Å²) in [6.45, 7) is 8.68. The van der Waals surface area contributed by atoms with Crippen LogP contribution in [0, 0.1) is 5.82 Å². The van der Waals surface area contributed by atoms with Crippen LogP contribution in [-0.2, 0) is 13.1 Å². The van der Waals surface area contributed by atoms with Crippen LogP contribution in [0.4, 0.5) is 10.2 Å². The number of benzene rings is 1. The van der Waals surface area contributed by atoms with E-state index in [2.05, 4.69) is 33.0 Å². The number of anilines is 1. The lowest BCUT2D eigenvalue weighted by molar-refractivity contribution is 0.0607. The number of piperazine rings is 1. The van der Waals surface area contributed by atoms with Gasteiger partial charge in [-0.3, -0.25) is 9.80 Å². The van der Waals surface area contributed by atoms with Gasteiger partial charge in [-0.05, 0) is 69.0 Å². The van der Waals surface area contributed by atoms with E-state index in [9.17, 15) is 4.39 Å². The van der Waals surface area contributed by atoms with Crippen LogP contribution in [0.3, 0.4) is 0 Å². The van der Waals surface area contributed by atoms with Crippen molar-refractivity contribution in [3.8, 4) is 0 Å². The molecule has 1 aliphatic carbocycles. The van der Waals surface area contributed by atoms with Crippen LogP contribution >= 0.6 is 23.2 Å². The molecule has 2 aliphatic heterocycles. The molecular weight excluding hydrogens is 484 g/mol. The van der Waals surface area contributed by atoms with E-state index < -0.39 is 0 Å². The number of aromatic nitrogens is 1. The molecule has 0 radical (unpaired) electrons. The Morgan fingerprint density at radius 1 is 1.06 bits per heavy atom. The van der Waals surface area contributed by atoms with E-state index in [0.717, 1.165) is 80.5 Å². The fourth-order valence-electron chi connectivity index (χ4n) is 5.56. The SMILES string of the molecule is CC[C@H]1CN(c2ncc(CNC3CC3)cc2Cl)CCN1C1CCN(Cc2ccc(Cl)cc2F)CC1. The first-order chi connectivity index (χ1) is 17.0. The summed E-state index contributed by atoms with van der Waals surface area (Å²) in [5.74, 6) is 0.709. The van der Waals surface area contributed by atoms with Crippen molar-refractivity contribution in [2.75, 3.05) is 37.6 Å². The molecule has 3 fully saturated rings. The second-order valence-corrected chi connectivity index (χ2v) is 11.1. The van der Waals surface area contributed by atoms with Crippen LogP contribution in [0.5, 0.6) is 0 Å². The van der Waals surface area contributed by atoms with Crippen molar-refractivity contribution in [1.82, 2.24) is 20.1 Å². The van der Waals surface area contributed by atoms with E-state index in [-0.39, 0.29) is 5.82 Å². The van der Waals surface area contributed by atoms with Crippen LogP contribution in [0.25, 0.3) is 0 Å². The Hall–Kier alpha value is -1.44. The molecule has 1 N–H and O–H groups in total. The Labute approximate surface area is 218 Å². The predicted octanol–water partition coefficient (Wildman–Crippen LogP) is 5.34. The number of hydrogen-bond donors (Lipinski definition) is 1. The van der Waals surface area contributed by atoms with Crippen LogP contribution < -0.4 is 10.2 Å². The van der Waals surface area contributed by atoms with Crippen molar-refractivity contribution in [3.63, 3.8) is 0 Å². The molecule has 190 valence electrons. The third-order valence-corrected chi connectivity index (χ3v) is 8.30. The van der Waals surface area contributed by atoms with Gasteiger partial charge in [-0.25, -0.2) is 9.37 Å². The van der Waals surface area contributed by atoms with Gasteiger partial charge in [0.2, 0.25) is 0 Å². The number of hydrogen-bond acceptors (Lipinski definition) is 5. The summed E-state index contributed by atoms with van der Waals surface area (Å²) < 4.78 is 14.2.